The van der Waals surface area contributed by atoms with Crippen LogP contribution in [0.15, 0.2) is 18.2 Å². The Kier molecular flexibility index (Phi) is 2.16. The number of carboxylic acids is 1. The molecule has 1 aromatic rings. The molecule has 0 saturated heterocycles. The first-order valence-electron chi connectivity index (χ1n) is 7.07. The van der Waals surface area contributed by atoms with Crippen LogP contribution in [0.2, 0.25) is 0 Å². The highest BCUT2D eigenvalue weighted by atomic mass is 16.5. The summed E-state index contributed by atoms with van der Waals surface area (Å²) in [6.07, 6.45) is 1.98. The minimum atomic E-state index is -0.746. The van der Waals surface area contributed by atoms with Crippen LogP contribution in [0.1, 0.15) is 35.2 Å². The molecule has 2 fully saturated rings. The molecule has 0 radical (unpaired) electrons. The van der Waals surface area contributed by atoms with Gasteiger partial charge in [0, 0.05) is 5.92 Å². The first-order chi connectivity index (χ1) is 9.52. The molecule has 104 valence electrons. The SMILES string of the molecule is Cc1ccc2c(c1)C(=O)C[C@]1(CC[C@@H]3[C@H](C(=O)O)[C@@H]31)O2. The van der Waals surface area contributed by atoms with Crippen molar-refractivity contribution in [1.82, 2.24) is 0 Å². The summed E-state index contributed by atoms with van der Waals surface area (Å²) in [7, 11) is 0. The molecule has 3 aliphatic rings. The highest BCUT2D eigenvalue weighted by molar-refractivity contribution is 6.00. The lowest BCUT2D eigenvalue weighted by Gasteiger charge is -2.37. The summed E-state index contributed by atoms with van der Waals surface area (Å²) in [5.74, 6) is -0.130. The van der Waals surface area contributed by atoms with Crippen molar-refractivity contribution in [2.75, 3.05) is 0 Å². The van der Waals surface area contributed by atoms with Crippen LogP contribution < -0.4 is 4.74 Å². The predicted octanol–water partition coefficient (Wildman–Crippen LogP) is 2.44. The molecule has 2 saturated carbocycles. The van der Waals surface area contributed by atoms with Crippen LogP contribution in [-0.4, -0.2) is 22.5 Å². The van der Waals surface area contributed by atoms with Crippen molar-refractivity contribution in [3.8, 4) is 5.75 Å². The Morgan fingerprint density at radius 2 is 2.25 bits per heavy atom. The highest BCUT2D eigenvalue weighted by Gasteiger charge is 2.70. The fraction of sp³-hybridized carbons (Fsp3) is 0.500. The number of carbonyl (C=O) groups excluding carboxylic acids is 1. The van der Waals surface area contributed by atoms with Crippen LogP contribution in [0.5, 0.6) is 5.75 Å². The highest BCUT2D eigenvalue weighted by Crippen LogP contribution is 2.65. The maximum absolute atomic E-state index is 12.4. The average molecular weight is 272 g/mol. The van der Waals surface area contributed by atoms with Gasteiger partial charge in [-0.1, -0.05) is 11.6 Å². The molecular weight excluding hydrogens is 256 g/mol. The lowest BCUT2D eigenvalue weighted by Crippen LogP contribution is -2.43. The Morgan fingerprint density at radius 1 is 1.45 bits per heavy atom. The molecule has 0 amide bonds. The zero-order valence-corrected chi connectivity index (χ0v) is 11.3. The number of rotatable bonds is 1. The number of aryl methyl sites for hydroxylation is 1. The van der Waals surface area contributed by atoms with E-state index in [1.54, 1.807) is 0 Å². The van der Waals surface area contributed by atoms with Crippen LogP contribution in [0.4, 0.5) is 0 Å². The van der Waals surface area contributed by atoms with Crippen molar-refractivity contribution in [2.45, 2.75) is 31.8 Å². The van der Waals surface area contributed by atoms with E-state index in [1.807, 2.05) is 25.1 Å². The largest absolute Gasteiger partial charge is 0.486 e. The molecule has 1 aliphatic heterocycles. The normalized spacial score (nSPS) is 37.2. The number of ether oxygens (including phenoxy) is 1. The van der Waals surface area contributed by atoms with E-state index in [-0.39, 0.29) is 23.5 Å². The zero-order chi connectivity index (χ0) is 14.1. The van der Waals surface area contributed by atoms with E-state index in [9.17, 15) is 14.7 Å². The van der Waals surface area contributed by atoms with Gasteiger partial charge in [-0.3, -0.25) is 9.59 Å². The van der Waals surface area contributed by atoms with Crippen LogP contribution in [0, 0.1) is 24.7 Å². The van der Waals surface area contributed by atoms with Crippen LogP contribution >= 0.6 is 0 Å². The maximum Gasteiger partial charge on any atom is 0.307 e. The van der Waals surface area contributed by atoms with Crippen molar-refractivity contribution >= 4 is 11.8 Å². The fourth-order valence-corrected chi connectivity index (χ4v) is 4.26. The molecule has 4 atom stereocenters. The maximum atomic E-state index is 12.4. The Bertz CT molecular complexity index is 635. The number of hydrogen-bond donors (Lipinski definition) is 1. The first kappa shape index (κ1) is 11.9. The lowest BCUT2D eigenvalue weighted by atomic mass is 9.84. The predicted molar refractivity (Wildman–Crippen MR) is 70.8 cm³/mol. The Hall–Kier alpha value is -1.84. The van der Waals surface area contributed by atoms with Crippen LogP contribution in [-0.2, 0) is 4.79 Å². The summed E-state index contributed by atoms with van der Waals surface area (Å²) in [5.41, 5.74) is 1.12. The molecule has 2 aliphatic carbocycles. The van der Waals surface area contributed by atoms with Gasteiger partial charge in [-0.25, -0.2) is 0 Å². The third kappa shape index (κ3) is 1.42. The standard InChI is InChI=1S/C16H16O4/c1-8-2-3-12-10(6-8)11(17)7-16(20-12)5-4-9-13(14(9)16)15(18)19/h2-3,6,9,13-14H,4-5,7H2,1H3,(H,18,19)/t9-,13+,14-,16+/m1/s1. The van der Waals surface area contributed by atoms with E-state index in [1.165, 1.54) is 0 Å². The summed E-state index contributed by atoms with van der Waals surface area (Å²) in [6, 6.07) is 5.63. The third-order valence-electron chi connectivity index (χ3n) is 5.17. The van der Waals surface area contributed by atoms with Gasteiger partial charge in [0.15, 0.2) is 5.78 Å². The molecule has 1 aromatic carbocycles. The molecule has 4 rings (SSSR count). The summed E-state index contributed by atoms with van der Waals surface area (Å²) in [6.45, 7) is 1.95. The number of carboxylic acid groups (broad SMARTS) is 1. The number of carbonyl (C=O) groups is 2. The third-order valence-corrected chi connectivity index (χ3v) is 5.17. The Balaban J connectivity index is 1.72. The number of aliphatic carboxylic acids is 1. The second-order valence-corrected chi connectivity index (χ2v) is 6.36. The molecule has 1 N–H and O–H groups in total. The second-order valence-electron chi connectivity index (χ2n) is 6.36. The van der Waals surface area contributed by atoms with Gasteiger partial charge in [0.25, 0.3) is 0 Å². The topological polar surface area (TPSA) is 63.6 Å². The zero-order valence-electron chi connectivity index (χ0n) is 11.3. The summed E-state index contributed by atoms with van der Waals surface area (Å²) >= 11 is 0. The second kappa shape index (κ2) is 3.62. The molecule has 1 heterocycles. The molecule has 0 aromatic heterocycles. The van der Waals surface area contributed by atoms with Gasteiger partial charge in [0.2, 0.25) is 0 Å². The van der Waals surface area contributed by atoms with E-state index in [4.69, 9.17) is 4.74 Å². The van der Waals surface area contributed by atoms with Crippen LogP contribution in [0.3, 0.4) is 0 Å². The van der Waals surface area contributed by atoms with E-state index in [2.05, 4.69) is 0 Å². The monoisotopic (exact) mass is 272 g/mol. The molecule has 4 heteroatoms. The first-order valence-corrected chi connectivity index (χ1v) is 7.07. The van der Waals surface area contributed by atoms with Crippen molar-refractivity contribution in [2.24, 2.45) is 17.8 Å². The molecule has 0 bridgehead atoms. The van der Waals surface area contributed by atoms with Crippen molar-refractivity contribution in [1.29, 1.82) is 0 Å². The minimum absolute atomic E-state index is 0.0124. The van der Waals surface area contributed by atoms with E-state index in [0.717, 1.165) is 18.4 Å². The summed E-state index contributed by atoms with van der Waals surface area (Å²) in [5, 5.41) is 9.23. The van der Waals surface area contributed by atoms with E-state index in [0.29, 0.717) is 17.7 Å². The van der Waals surface area contributed by atoms with Gasteiger partial charge in [0.05, 0.1) is 17.9 Å². The van der Waals surface area contributed by atoms with E-state index < -0.39 is 11.6 Å². The van der Waals surface area contributed by atoms with Gasteiger partial charge < -0.3 is 9.84 Å². The van der Waals surface area contributed by atoms with Gasteiger partial charge >= 0.3 is 5.97 Å². The minimum Gasteiger partial charge on any atom is -0.486 e. The van der Waals surface area contributed by atoms with Gasteiger partial charge in [-0.15, -0.1) is 0 Å². The van der Waals surface area contributed by atoms with Crippen molar-refractivity contribution in [3.63, 3.8) is 0 Å². The number of fused-ring (bicyclic) bond motifs is 3. The molecule has 20 heavy (non-hydrogen) atoms. The smallest absolute Gasteiger partial charge is 0.307 e. The van der Waals surface area contributed by atoms with Gasteiger partial charge in [0.1, 0.15) is 11.4 Å². The van der Waals surface area contributed by atoms with Crippen LogP contribution in [0.25, 0.3) is 0 Å². The number of ketones is 1. The summed E-state index contributed by atoms with van der Waals surface area (Å²) < 4.78 is 6.16. The molecule has 1 spiro atoms. The Labute approximate surface area is 116 Å². The fourth-order valence-electron chi connectivity index (χ4n) is 4.26. The quantitative estimate of drug-likeness (QED) is 0.852. The van der Waals surface area contributed by atoms with Crippen molar-refractivity contribution in [3.05, 3.63) is 29.3 Å². The Morgan fingerprint density at radius 3 is 2.95 bits per heavy atom. The average Bonchev–Trinajstić information content (AvgIpc) is 3.05. The number of benzene rings is 1. The molecule has 0 unspecified atom stereocenters. The molecular formula is C16H16O4. The van der Waals surface area contributed by atoms with Gasteiger partial charge in [-0.05, 0) is 37.8 Å². The van der Waals surface area contributed by atoms with Gasteiger partial charge in [-0.2, -0.15) is 0 Å². The number of hydrogen-bond acceptors (Lipinski definition) is 3. The molecule has 4 nitrogen and oxygen atoms in total. The number of Topliss-reactive ketones (excluding diaryl/α,β-unsaturated/α-hetero) is 1. The van der Waals surface area contributed by atoms with E-state index >= 15 is 0 Å². The van der Waals surface area contributed by atoms with Crippen molar-refractivity contribution < 1.29 is 19.4 Å². The lowest BCUT2D eigenvalue weighted by molar-refractivity contribution is -0.140. The summed E-state index contributed by atoms with van der Waals surface area (Å²) in [4.78, 5) is 23.6.